The van der Waals surface area contributed by atoms with E-state index in [1.54, 1.807) is 0 Å². The van der Waals surface area contributed by atoms with Gasteiger partial charge in [0.2, 0.25) is 5.95 Å². The number of aromatic nitrogens is 2. The maximum absolute atomic E-state index is 12.8. The van der Waals surface area contributed by atoms with E-state index in [4.69, 9.17) is 0 Å². The van der Waals surface area contributed by atoms with E-state index in [0.717, 1.165) is 30.5 Å². The number of hydrogen-bond acceptors (Lipinski definition) is 6. The third kappa shape index (κ3) is 6.98. The van der Waals surface area contributed by atoms with Crippen LogP contribution in [-0.2, 0) is 16.0 Å². The molecule has 0 amide bonds. The molecule has 0 aromatic carbocycles. The average molecular weight is 343 g/mol. The van der Waals surface area contributed by atoms with Gasteiger partial charge in [0.15, 0.2) is 5.69 Å². The largest absolute Gasteiger partial charge is 0.433 e. The molecule has 0 radical (unpaired) electrons. The summed E-state index contributed by atoms with van der Waals surface area (Å²) in [4.78, 5) is 7.37. The minimum absolute atomic E-state index is 0.0968. The number of nitrogens with zero attached hydrogens (tertiary/aromatic N) is 2. The Labute approximate surface area is 125 Å². The Kier molecular flexibility index (Phi) is 6.26. The summed E-state index contributed by atoms with van der Waals surface area (Å²) in [7, 11) is -3.16. The average Bonchev–Trinajstić information content (AvgIpc) is 2.33. The van der Waals surface area contributed by atoms with Crippen LogP contribution in [0.15, 0.2) is 11.1 Å². The van der Waals surface area contributed by atoms with Gasteiger partial charge in [-0.05, 0) is 6.42 Å². The third-order valence-electron chi connectivity index (χ3n) is 2.23. The van der Waals surface area contributed by atoms with E-state index in [9.17, 15) is 21.6 Å². The van der Waals surface area contributed by atoms with Crippen LogP contribution in [0.4, 0.5) is 19.1 Å². The molecule has 0 bridgehead atoms. The Morgan fingerprint density at radius 2 is 2.00 bits per heavy atom. The lowest BCUT2D eigenvalue weighted by Gasteiger charge is -2.11. The van der Waals surface area contributed by atoms with Crippen molar-refractivity contribution in [1.82, 2.24) is 9.97 Å². The third-order valence-corrected chi connectivity index (χ3v) is 4.35. The number of alkyl halides is 3. The van der Waals surface area contributed by atoms with Crippen molar-refractivity contribution < 1.29 is 21.6 Å². The zero-order valence-electron chi connectivity index (χ0n) is 11.6. The Balaban J connectivity index is 2.91. The van der Waals surface area contributed by atoms with Crippen LogP contribution in [-0.4, -0.2) is 42.7 Å². The fourth-order valence-electron chi connectivity index (χ4n) is 1.26. The minimum atomic E-state index is -4.57. The summed E-state index contributed by atoms with van der Waals surface area (Å²) in [6.45, 7) is 2.32. The van der Waals surface area contributed by atoms with Gasteiger partial charge in [-0.2, -0.15) is 13.2 Å². The summed E-state index contributed by atoms with van der Waals surface area (Å²) in [5, 5.41) is 2.80. The standard InChI is InChI=1S/C11H16F3N3O2S2/c1-3-4-15-10-16-8(11(12,13)14)7-9(17-10)20-5-6-21(2,18)19/h7H,3-6H2,1-2H3,(H,15,16,17). The topological polar surface area (TPSA) is 72.0 Å². The van der Waals surface area contributed by atoms with Gasteiger partial charge >= 0.3 is 6.18 Å². The van der Waals surface area contributed by atoms with Crippen LogP contribution >= 0.6 is 11.8 Å². The van der Waals surface area contributed by atoms with Crippen LogP contribution in [0, 0.1) is 0 Å². The Morgan fingerprint density at radius 3 is 2.52 bits per heavy atom. The van der Waals surface area contributed by atoms with Crippen molar-refractivity contribution in [3.05, 3.63) is 11.8 Å². The molecule has 10 heteroatoms. The Morgan fingerprint density at radius 1 is 1.33 bits per heavy atom. The first kappa shape index (κ1) is 18.0. The van der Waals surface area contributed by atoms with Crippen molar-refractivity contribution in [2.45, 2.75) is 24.5 Å². The fraction of sp³-hybridized carbons (Fsp3) is 0.636. The highest BCUT2D eigenvalue weighted by molar-refractivity contribution is 8.00. The van der Waals surface area contributed by atoms with Gasteiger partial charge in [-0.3, -0.25) is 0 Å². The predicted octanol–water partition coefficient (Wildman–Crippen LogP) is 2.45. The molecule has 1 heterocycles. The molecule has 0 aliphatic heterocycles. The molecule has 21 heavy (non-hydrogen) atoms. The van der Waals surface area contributed by atoms with Crippen LogP contribution in [0.5, 0.6) is 0 Å². The van der Waals surface area contributed by atoms with E-state index in [-0.39, 0.29) is 22.5 Å². The second-order valence-electron chi connectivity index (χ2n) is 4.32. The van der Waals surface area contributed by atoms with E-state index in [0.29, 0.717) is 6.54 Å². The van der Waals surface area contributed by atoms with Gasteiger partial charge in [0.05, 0.1) is 5.75 Å². The first-order valence-electron chi connectivity index (χ1n) is 6.12. The second-order valence-corrected chi connectivity index (χ2v) is 7.69. The lowest BCUT2D eigenvalue weighted by Crippen LogP contribution is -2.13. The molecule has 0 fully saturated rings. The van der Waals surface area contributed by atoms with Crippen molar-refractivity contribution >= 4 is 27.5 Å². The zero-order valence-corrected chi connectivity index (χ0v) is 13.2. The van der Waals surface area contributed by atoms with Crippen LogP contribution in [0.3, 0.4) is 0 Å². The van der Waals surface area contributed by atoms with Crippen LogP contribution < -0.4 is 5.32 Å². The van der Waals surface area contributed by atoms with Crippen LogP contribution in [0.25, 0.3) is 0 Å². The van der Waals surface area contributed by atoms with Gasteiger partial charge in [0.25, 0.3) is 0 Å². The molecule has 0 unspecified atom stereocenters. The monoisotopic (exact) mass is 343 g/mol. The van der Waals surface area contributed by atoms with Crippen molar-refractivity contribution in [2.75, 3.05) is 29.6 Å². The molecule has 0 aliphatic carbocycles. The van der Waals surface area contributed by atoms with Crippen molar-refractivity contribution in [1.29, 1.82) is 0 Å². The molecule has 1 aromatic rings. The highest BCUT2D eigenvalue weighted by atomic mass is 32.2. The molecule has 0 saturated carbocycles. The molecule has 0 spiro atoms. The summed E-state index contributed by atoms with van der Waals surface area (Å²) < 4.78 is 60.3. The normalized spacial score (nSPS) is 12.4. The summed E-state index contributed by atoms with van der Waals surface area (Å²) in [6.07, 6.45) is -2.78. The van der Waals surface area contributed by atoms with Crippen molar-refractivity contribution in [3.8, 4) is 0 Å². The van der Waals surface area contributed by atoms with Gasteiger partial charge in [0, 0.05) is 24.6 Å². The molecule has 0 saturated heterocycles. The predicted molar refractivity (Wildman–Crippen MR) is 76.2 cm³/mol. The van der Waals surface area contributed by atoms with E-state index < -0.39 is 21.7 Å². The number of rotatable bonds is 7. The van der Waals surface area contributed by atoms with Gasteiger partial charge in [-0.15, -0.1) is 11.8 Å². The van der Waals surface area contributed by atoms with E-state index in [2.05, 4.69) is 15.3 Å². The Hall–Kier alpha value is -1.03. The quantitative estimate of drug-likeness (QED) is 0.606. The fourth-order valence-corrected chi connectivity index (χ4v) is 3.36. The molecule has 1 rings (SSSR count). The highest BCUT2D eigenvalue weighted by Crippen LogP contribution is 2.30. The summed E-state index contributed by atoms with van der Waals surface area (Å²) >= 11 is 0.955. The Bertz CT molecular complexity index is 577. The highest BCUT2D eigenvalue weighted by Gasteiger charge is 2.33. The number of nitrogens with one attached hydrogen (secondary N) is 1. The molecular weight excluding hydrogens is 327 g/mol. The molecule has 1 aromatic heterocycles. The van der Waals surface area contributed by atoms with E-state index in [1.807, 2.05) is 6.92 Å². The maximum atomic E-state index is 12.8. The second kappa shape index (κ2) is 7.30. The van der Waals surface area contributed by atoms with Crippen LogP contribution in [0.2, 0.25) is 0 Å². The first-order valence-corrected chi connectivity index (χ1v) is 9.17. The minimum Gasteiger partial charge on any atom is -0.354 e. The molecule has 0 atom stereocenters. The lowest BCUT2D eigenvalue weighted by molar-refractivity contribution is -0.141. The number of thioether (sulfide) groups is 1. The van der Waals surface area contributed by atoms with E-state index in [1.165, 1.54) is 0 Å². The van der Waals surface area contributed by atoms with Crippen molar-refractivity contribution in [2.24, 2.45) is 0 Å². The molecule has 5 nitrogen and oxygen atoms in total. The van der Waals surface area contributed by atoms with E-state index >= 15 is 0 Å². The smallest absolute Gasteiger partial charge is 0.354 e. The van der Waals surface area contributed by atoms with Gasteiger partial charge in [0.1, 0.15) is 14.9 Å². The molecule has 120 valence electrons. The first-order chi connectivity index (χ1) is 9.62. The van der Waals surface area contributed by atoms with Crippen molar-refractivity contribution in [3.63, 3.8) is 0 Å². The summed E-state index contributed by atoms with van der Waals surface area (Å²) in [5.41, 5.74) is -1.04. The van der Waals surface area contributed by atoms with Crippen LogP contribution in [0.1, 0.15) is 19.0 Å². The lowest BCUT2D eigenvalue weighted by atomic mass is 10.4. The number of sulfone groups is 1. The van der Waals surface area contributed by atoms with Gasteiger partial charge in [-0.25, -0.2) is 18.4 Å². The molecule has 1 N–H and O–H groups in total. The van der Waals surface area contributed by atoms with Gasteiger partial charge < -0.3 is 5.32 Å². The van der Waals surface area contributed by atoms with Gasteiger partial charge in [-0.1, -0.05) is 6.92 Å². The summed E-state index contributed by atoms with van der Waals surface area (Å²) in [5.74, 6) is -0.0882. The zero-order chi connectivity index (χ0) is 16.1. The number of anilines is 1. The number of hydrogen-bond donors (Lipinski definition) is 1. The molecule has 0 aliphatic rings. The molecular formula is C11H16F3N3O2S2. The maximum Gasteiger partial charge on any atom is 0.433 e. The number of halogens is 3. The SMILES string of the molecule is CCCNc1nc(SCCS(C)(=O)=O)cc(C(F)(F)F)n1. The summed E-state index contributed by atoms with van der Waals surface area (Å²) in [6, 6.07) is 0.823.